The van der Waals surface area contributed by atoms with Crippen molar-refractivity contribution in [1.29, 1.82) is 5.26 Å². The first-order chi connectivity index (χ1) is 12.2. The lowest BCUT2D eigenvalue weighted by Crippen LogP contribution is -2.41. The summed E-state index contributed by atoms with van der Waals surface area (Å²) in [6, 6.07) is 15.8. The average molecular weight is 371 g/mol. The number of rotatable bonds is 6. The molecule has 0 bridgehead atoms. The Hall–Kier alpha value is -2.85. The highest BCUT2D eigenvalue weighted by molar-refractivity contribution is 7.92. The molecule has 0 atom stereocenters. The summed E-state index contributed by atoms with van der Waals surface area (Å²) in [4.78, 5) is 14.1. The first-order valence-corrected chi connectivity index (χ1v) is 9.83. The molecule has 136 valence electrons. The van der Waals surface area contributed by atoms with E-state index in [0.29, 0.717) is 17.8 Å². The van der Waals surface area contributed by atoms with Crippen LogP contribution in [0.4, 0.5) is 5.69 Å². The maximum atomic E-state index is 12.6. The summed E-state index contributed by atoms with van der Waals surface area (Å²) < 4.78 is 25.3. The maximum Gasteiger partial charge on any atom is 0.243 e. The van der Waals surface area contributed by atoms with Crippen LogP contribution < -0.4 is 4.31 Å². The number of nitriles is 1. The number of carbonyl (C=O) groups excluding carboxylic acids is 1. The van der Waals surface area contributed by atoms with E-state index in [1.165, 1.54) is 29.2 Å². The Labute approximate surface area is 154 Å². The number of nitrogens with zero attached hydrogens (tertiary/aromatic N) is 3. The lowest BCUT2D eigenvalue weighted by Gasteiger charge is -2.25. The molecule has 0 aliphatic rings. The molecule has 0 aromatic heterocycles. The highest BCUT2D eigenvalue weighted by atomic mass is 32.2. The van der Waals surface area contributed by atoms with E-state index in [1.807, 2.05) is 37.3 Å². The standard InChI is InChI=1S/C19H21N3O3S/c1-15-6-4-5-7-17(15)13-21(2)19(23)14-22(26(3,24)25)18-10-8-16(12-20)9-11-18/h4-11H,13-14H2,1-3H3. The van der Waals surface area contributed by atoms with Gasteiger partial charge in [-0.1, -0.05) is 24.3 Å². The van der Waals surface area contributed by atoms with Crippen LogP contribution in [0.3, 0.4) is 0 Å². The topological polar surface area (TPSA) is 81.5 Å². The van der Waals surface area contributed by atoms with Crippen molar-refractivity contribution in [1.82, 2.24) is 4.90 Å². The summed E-state index contributed by atoms with van der Waals surface area (Å²) >= 11 is 0. The van der Waals surface area contributed by atoms with E-state index < -0.39 is 10.0 Å². The van der Waals surface area contributed by atoms with Crippen molar-refractivity contribution in [2.24, 2.45) is 0 Å². The van der Waals surface area contributed by atoms with Gasteiger partial charge < -0.3 is 4.90 Å². The number of hydrogen-bond donors (Lipinski definition) is 0. The smallest absolute Gasteiger partial charge is 0.243 e. The van der Waals surface area contributed by atoms with E-state index in [4.69, 9.17) is 5.26 Å². The van der Waals surface area contributed by atoms with Crippen molar-refractivity contribution < 1.29 is 13.2 Å². The molecule has 2 aromatic rings. The summed E-state index contributed by atoms with van der Waals surface area (Å²) in [6.07, 6.45) is 1.06. The molecule has 6 nitrogen and oxygen atoms in total. The normalized spacial score (nSPS) is 10.8. The molecule has 1 amide bonds. The molecule has 0 fully saturated rings. The lowest BCUT2D eigenvalue weighted by atomic mass is 10.1. The third kappa shape index (κ3) is 4.83. The van der Waals surface area contributed by atoms with Crippen LogP contribution in [0.15, 0.2) is 48.5 Å². The maximum absolute atomic E-state index is 12.6. The average Bonchev–Trinajstić information content (AvgIpc) is 2.60. The first-order valence-electron chi connectivity index (χ1n) is 7.98. The van der Waals surface area contributed by atoms with E-state index in [1.54, 1.807) is 7.05 Å². The van der Waals surface area contributed by atoms with Crippen molar-refractivity contribution >= 4 is 21.6 Å². The quantitative estimate of drug-likeness (QED) is 0.780. The van der Waals surface area contributed by atoms with Crippen LogP contribution in [0, 0.1) is 18.3 Å². The molecule has 0 aliphatic carbocycles. The Morgan fingerprint density at radius 3 is 2.27 bits per heavy atom. The number of aryl methyl sites for hydroxylation is 1. The van der Waals surface area contributed by atoms with Gasteiger partial charge in [-0.2, -0.15) is 5.26 Å². The van der Waals surface area contributed by atoms with Crippen LogP contribution >= 0.6 is 0 Å². The minimum absolute atomic E-state index is 0.298. The lowest BCUT2D eigenvalue weighted by molar-refractivity contribution is -0.128. The van der Waals surface area contributed by atoms with Crippen molar-refractivity contribution in [3.8, 4) is 6.07 Å². The van der Waals surface area contributed by atoms with E-state index in [0.717, 1.165) is 21.7 Å². The van der Waals surface area contributed by atoms with Gasteiger partial charge in [-0.15, -0.1) is 0 Å². The summed E-state index contributed by atoms with van der Waals surface area (Å²) in [5, 5.41) is 8.87. The Morgan fingerprint density at radius 2 is 1.73 bits per heavy atom. The zero-order valence-electron chi connectivity index (χ0n) is 15.0. The van der Waals surface area contributed by atoms with Crippen LogP contribution in [0.25, 0.3) is 0 Å². The van der Waals surface area contributed by atoms with Crippen LogP contribution in [-0.2, 0) is 21.4 Å². The number of benzene rings is 2. The summed E-state index contributed by atoms with van der Waals surface area (Å²) in [5.41, 5.74) is 2.85. The van der Waals surface area contributed by atoms with Gasteiger partial charge in [-0.25, -0.2) is 8.42 Å². The van der Waals surface area contributed by atoms with Gasteiger partial charge in [0, 0.05) is 13.6 Å². The Balaban J connectivity index is 2.18. The Bertz CT molecular complexity index is 931. The number of amides is 1. The molecule has 0 heterocycles. The zero-order chi connectivity index (χ0) is 19.3. The largest absolute Gasteiger partial charge is 0.340 e. The SMILES string of the molecule is Cc1ccccc1CN(C)C(=O)CN(c1ccc(C#N)cc1)S(C)(=O)=O. The number of likely N-dealkylation sites (N-methyl/N-ethyl adjacent to an activating group) is 1. The number of anilines is 1. The van der Waals surface area contributed by atoms with Gasteiger partial charge in [0.25, 0.3) is 0 Å². The Kier molecular flexibility index (Phi) is 6.01. The van der Waals surface area contributed by atoms with Gasteiger partial charge in [0.05, 0.1) is 23.6 Å². The zero-order valence-corrected chi connectivity index (χ0v) is 15.8. The van der Waals surface area contributed by atoms with Crippen molar-refractivity contribution in [2.45, 2.75) is 13.5 Å². The molecular formula is C19H21N3O3S. The second kappa shape index (κ2) is 8.02. The first kappa shape index (κ1) is 19.5. The van der Waals surface area contributed by atoms with E-state index in [-0.39, 0.29) is 12.5 Å². The fourth-order valence-corrected chi connectivity index (χ4v) is 3.33. The van der Waals surface area contributed by atoms with E-state index >= 15 is 0 Å². The van der Waals surface area contributed by atoms with E-state index in [2.05, 4.69) is 0 Å². The highest BCUT2D eigenvalue weighted by Gasteiger charge is 2.23. The Morgan fingerprint density at radius 1 is 1.12 bits per heavy atom. The van der Waals surface area contributed by atoms with Crippen LogP contribution in [0.5, 0.6) is 0 Å². The number of hydrogen-bond acceptors (Lipinski definition) is 4. The van der Waals surface area contributed by atoms with Gasteiger partial charge in [0.1, 0.15) is 6.54 Å². The summed E-state index contributed by atoms with van der Waals surface area (Å²) in [7, 11) is -2.00. The number of sulfonamides is 1. The van der Waals surface area contributed by atoms with E-state index in [9.17, 15) is 13.2 Å². The molecule has 2 rings (SSSR count). The minimum atomic E-state index is -3.64. The minimum Gasteiger partial charge on any atom is -0.340 e. The monoisotopic (exact) mass is 371 g/mol. The number of carbonyl (C=O) groups is 1. The molecule has 2 aromatic carbocycles. The molecule has 0 N–H and O–H groups in total. The fourth-order valence-electron chi connectivity index (χ4n) is 2.48. The third-order valence-corrected chi connectivity index (χ3v) is 5.20. The van der Waals surface area contributed by atoms with Gasteiger partial charge >= 0.3 is 0 Å². The molecular weight excluding hydrogens is 350 g/mol. The highest BCUT2D eigenvalue weighted by Crippen LogP contribution is 2.19. The molecule has 26 heavy (non-hydrogen) atoms. The van der Waals surface area contributed by atoms with Crippen LogP contribution in [0.2, 0.25) is 0 Å². The van der Waals surface area contributed by atoms with Crippen molar-refractivity contribution in [2.75, 3.05) is 24.2 Å². The molecule has 7 heteroatoms. The summed E-state index contributed by atoms with van der Waals surface area (Å²) in [6.45, 7) is 2.07. The molecule has 0 aliphatic heterocycles. The molecule has 0 saturated carbocycles. The van der Waals surface area contributed by atoms with Crippen LogP contribution in [-0.4, -0.2) is 39.1 Å². The van der Waals surface area contributed by atoms with Gasteiger partial charge in [0.2, 0.25) is 15.9 Å². The molecule has 0 saturated heterocycles. The molecule has 0 spiro atoms. The van der Waals surface area contributed by atoms with Crippen molar-refractivity contribution in [3.05, 3.63) is 65.2 Å². The summed E-state index contributed by atoms with van der Waals surface area (Å²) in [5.74, 6) is -0.317. The molecule has 0 unspecified atom stereocenters. The predicted molar refractivity (Wildman–Crippen MR) is 101 cm³/mol. The van der Waals surface area contributed by atoms with Gasteiger partial charge in [0.15, 0.2) is 0 Å². The second-order valence-electron chi connectivity index (χ2n) is 6.10. The van der Waals surface area contributed by atoms with Gasteiger partial charge in [-0.3, -0.25) is 9.10 Å². The fraction of sp³-hybridized carbons (Fsp3) is 0.263. The molecule has 0 radical (unpaired) electrons. The predicted octanol–water partition coefficient (Wildman–Crippen LogP) is 2.29. The second-order valence-corrected chi connectivity index (χ2v) is 8.01. The van der Waals surface area contributed by atoms with Gasteiger partial charge in [-0.05, 0) is 42.3 Å². The van der Waals surface area contributed by atoms with Crippen LogP contribution in [0.1, 0.15) is 16.7 Å². The third-order valence-electron chi connectivity index (χ3n) is 4.06. The van der Waals surface area contributed by atoms with Crippen molar-refractivity contribution in [3.63, 3.8) is 0 Å².